The summed E-state index contributed by atoms with van der Waals surface area (Å²) in [5.41, 5.74) is 2.95. The van der Waals surface area contributed by atoms with Gasteiger partial charge in [0, 0.05) is 6.54 Å². The molecule has 0 bridgehead atoms. The van der Waals surface area contributed by atoms with Gasteiger partial charge in [0.05, 0.1) is 24.4 Å². The summed E-state index contributed by atoms with van der Waals surface area (Å²) >= 11 is 0. The third kappa shape index (κ3) is 2.96. The predicted molar refractivity (Wildman–Crippen MR) is 65.1 cm³/mol. The van der Waals surface area contributed by atoms with E-state index in [9.17, 15) is 0 Å². The lowest BCUT2D eigenvalue weighted by atomic mass is 10.1. The van der Waals surface area contributed by atoms with Crippen molar-refractivity contribution in [3.8, 4) is 6.07 Å². The van der Waals surface area contributed by atoms with Gasteiger partial charge in [0.2, 0.25) is 0 Å². The zero-order valence-electron chi connectivity index (χ0n) is 9.73. The molecule has 0 atom stereocenters. The molecule has 1 aromatic carbocycles. The van der Waals surface area contributed by atoms with E-state index in [1.54, 1.807) is 12.3 Å². The number of benzene rings is 1. The maximum atomic E-state index is 8.79. The number of aryl methyl sites for hydroxylation is 1. The van der Waals surface area contributed by atoms with Crippen LogP contribution in [0.25, 0.3) is 0 Å². The summed E-state index contributed by atoms with van der Waals surface area (Å²) in [7, 11) is 0. The summed E-state index contributed by atoms with van der Waals surface area (Å²) in [5.74, 6) is 0.960. The molecule has 1 aromatic heterocycles. The van der Waals surface area contributed by atoms with E-state index in [4.69, 9.17) is 9.68 Å². The Morgan fingerprint density at radius 3 is 2.88 bits per heavy atom. The van der Waals surface area contributed by atoms with Crippen LogP contribution in [-0.2, 0) is 13.1 Å². The van der Waals surface area contributed by atoms with Crippen LogP contribution in [0.2, 0.25) is 0 Å². The van der Waals surface area contributed by atoms with E-state index in [1.807, 2.05) is 31.2 Å². The highest BCUT2D eigenvalue weighted by Crippen LogP contribution is 2.09. The fourth-order valence-electron chi connectivity index (χ4n) is 1.66. The van der Waals surface area contributed by atoms with E-state index < -0.39 is 0 Å². The molecule has 1 N–H and O–H groups in total. The normalized spacial score (nSPS) is 10.1. The molecule has 0 aliphatic rings. The first-order chi connectivity index (χ1) is 8.29. The van der Waals surface area contributed by atoms with Gasteiger partial charge in [0.1, 0.15) is 5.76 Å². The van der Waals surface area contributed by atoms with Crippen LogP contribution in [0.1, 0.15) is 22.5 Å². The van der Waals surface area contributed by atoms with Crippen LogP contribution in [0, 0.1) is 18.3 Å². The van der Waals surface area contributed by atoms with Crippen molar-refractivity contribution in [3.05, 3.63) is 59.0 Å². The van der Waals surface area contributed by atoms with Crippen LogP contribution in [0.3, 0.4) is 0 Å². The Labute approximate surface area is 101 Å². The second kappa shape index (κ2) is 5.33. The zero-order valence-corrected chi connectivity index (χ0v) is 9.73. The minimum atomic E-state index is 0.693. The Morgan fingerprint density at radius 1 is 1.29 bits per heavy atom. The lowest BCUT2D eigenvalue weighted by Gasteiger charge is -2.04. The summed E-state index contributed by atoms with van der Waals surface area (Å²) in [4.78, 5) is 0. The molecule has 0 amide bonds. The van der Waals surface area contributed by atoms with Crippen molar-refractivity contribution >= 4 is 0 Å². The Bertz CT molecular complexity index is 537. The number of nitriles is 1. The van der Waals surface area contributed by atoms with E-state index in [1.165, 1.54) is 0 Å². The first-order valence-corrected chi connectivity index (χ1v) is 5.52. The van der Waals surface area contributed by atoms with Crippen molar-refractivity contribution in [1.29, 1.82) is 5.26 Å². The van der Waals surface area contributed by atoms with Gasteiger partial charge >= 0.3 is 0 Å². The molecule has 0 unspecified atom stereocenters. The zero-order chi connectivity index (χ0) is 12.1. The molecule has 0 spiro atoms. The Kier molecular flexibility index (Phi) is 3.59. The van der Waals surface area contributed by atoms with Crippen molar-refractivity contribution in [1.82, 2.24) is 5.32 Å². The molecule has 0 fully saturated rings. The van der Waals surface area contributed by atoms with Gasteiger partial charge in [-0.2, -0.15) is 5.26 Å². The molecule has 0 saturated heterocycles. The van der Waals surface area contributed by atoms with Crippen LogP contribution in [-0.4, -0.2) is 0 Å². The summed E-state index contributed by atoms with van der Waals surface area (Å²) in [6.07, 6.45) is 1.70. The number of hydrogen-bond acceptors (Lipinski definition) is 3. The monoisotopic (exact) mass is 226 g/mol. The average molecular weight is 226 g/mol. The van der Waals surface area contributed by atoms with Gasteiger partial charge < -0.3 is 9.73 Å². The van der Waals surface area contributed by atoms with Crippen molar-refractivity contribution in [2.75, 3.05) is 0 Å². The summed E-state index contributed by atoms with van der Waals surface area (Å²) < 4.78 is 5.33. The third-order valence-corrected chi connectivity index (χ3v) is 2.64. The Balaban J connectivity index is 1.90. The molecular formula is C14H14N2O. The van der Waals surface area contributed by atoms with Gasteiger partial charge in [0.25, 0.3) is 0 Å². The molecule has 2 aromatic rings. The lowest BCUT2D eigenvalue weighted by Crippen LogP contribution is -2.12. The fraction of sp³-hybridized carbons (Fsp3) is 0.214. The standard InChI is InChI=1S/C14H14N2O/c1-11-5-6-17-14(11)10-16-9-13-4-2-3-12(7-13)8-15/h2-7,16H,9-10H2,1H3. The highest BCUT2D eigenvalue weighted by Gasteiger charge is 2.01. The van der Waals surface area contributed by atoms with Gasteiger partial charge in [-0.3, -0.25) is 0 Å². The van der Waals surface area contributed by atoms with Crippen LogP contribution >= 0.6 is 0 Å². The highest BCUT2D eigenvalue weighted by molar-refractivity contribution is 5.32. The molecule has 0 radical (unpaired) electrons. The third-order valence-electron chi connectivity index (χ3n) is 2.64. The molecular weight excluding hydrogens is 212 g/mol. The van der Waals surface area contributed by atoms with Crippen molar-refractivity contribution in [2.24, 2.45) is 0 Å². The Morgan fingerprint density at radius 2 is 2.18 bits per heavy atom. The summed E-state index contributed by atoms with van der Waals surface area (Å²) in [6, 6.07) is 11.7. The van der Waals surface area contributed by atoms with E-state index in [0.717, 1.165) is 23.4 Å². The number of hydrogen-bond donors (Lipinski definition) is 1. The molecule has 3 heteroatoms. The fourth-order valence-corrected chi connectivity index (χ4v) is 1.66. The number of nitrogens with zero attached hydrogens (tertiary/aromatic N) is 1. The van der Waals surface area contributed by atoms with Gasteiger partial charge in [-0.1, -0.05) is 12.1 Å². The molecule has 3 nitrogen and oxygen atoms in total. The van der Waals surface area contributed by atoms with Crippen LogP contribution in [0.15, 0.2) is 41.0 Å². The molecule has 86 valence electrons. The maximum absolute atomic E-state index is 8.79. The Hall–Kier alpha value is -2.05. The van der Waals surface area contributed by atoms with E-state index >= 15 is 0 Å². The first-order valence-electron chi connectivity index (χ1n) is 5.52. The van der Waals surface area contributed by atoms with Crippen molar-refractivity contribution in [2.45, 2.75) is 20.0 Å². The molecule has 0 aliphatic carbocycles. The quantitative estimate of drug-likeness (QED) is 0.872. The molecule has 17 heavy (non-hydrogen) atoms. The molecule has 0 aliphatic heterocycles. The van der Waals surface area contributed by atoms with Crippen LogP contribution in [0.4, 0.5) is 0 Å². The number of nitrogens with one attached hydrogen (secondary N) is 1. The second-order valence-corrected chi connectivity index (χ2v) is 3.94. The SMILES string of the molecule is Cc1ccoc1CNCc1cccc(C#N)c1. The average Bonchev–Trinajstić information content (AvgIpc) is 2.76. The topological polar surface area (TPSA) is 49.0 Å². The lowest BCUT2D eigenvalue weighted by molar-refractivity contribution is 0.480. The van der Waals surface area contributed by atoms with Crippen molar-refractivity contribution < 1.29 is 4.42 Å². The van der Waals surface area contributed by atoms with E-state index in [-0.39, 0.29) is 0 Å². The minimum absolute atomic E-state index is 0.693. The molecule has 0 saturated carbocycles. The first kappa shape index (κ1) is 11.4. The summed E-state index contributed by atoms with van der Waals surface area (Å²) in [6.45, 7) is 3.46. The second-order valence-electron chi connectivity index (χ2n) is 3.94. The van der Waals surface area contributed by atoms with Crippen LogP contribution in [0.5, 0.6) is 0 Å². The van der Waals surface area contributed by atoms with E-state index in [2.05, 4.69) is 11.4 Å². The van der Waals surface area contributed by atoms with E-state index in [0.29, 0.717) is 12.1 Å². The minimum Gasteiger partial charge on any atom is -0.468 e. The summed E-state index contributed by atoms with van der Waals surface area (Å²) in [5, 5.41) is 12.1. The molecule has 1 heterocycles. The predicted octanol–water partition coefficient (Wildman–Crippen LogP) is 2.75. The molecule has 2 rings (SSSR count). The number of rotatable bonds is 4. The smallest absolute Gasteiger partial charge is 0.120 e. The largest absolute Gasteiger partial charge is 0.468 e. The maximum Gasteiger partial charge on any atom is 0.120 e. The number of furan rings is 1. The van der Waals surface area contributed by atoms with Gasteiger partial charge in [-0.25, -0.2) is 0 Å². The van der Waals surface area contributed by atoms with Gasteiger partial charge in [0.15, 0.2) is 0 Å². The highest BCUT2D eigenvalue weighted by atomic mass is 16.3. The van der Waals surface area contributed by atoms with Crippen molar-refractivity contribution in [3.63, 3.8) is 0 Å². The van der Waals surface area contributed by atoms with Crippen LogP contribution < -0.4 is 5.32 Å². The van der Waals surface area contributed by atoms with Gasteiger partial charge in [-0.05, 0) is 36.2 Å². The van der Waals surface area contributed by atoms with Gasteiger partial charge in [-0.15, -0.1) is 0 Å².